The first-order valence-electron chi connectivity index (χ1n) is 7.71. The number of piperidine rings is 1. The number of rotatable bonds is 7. The highest BCUT2D eigenvalue weighted by Crippen LogP contribution is 2.17. The molecule has 1 fully saturated rings. The van der Waals surface area contributed by atoms with Crippen molar-refractivity contribution in [1.82, 2.24) is 15.1 Å². The van der Waals surface area contributed by atoms with Crippen molar-refractivity contribution in [2.75, 3.05) is 33.7 Å². The van der Waals surface area contributed by atoms with Gasteiger partial charge in [0, 0.05) is 18.6 Å². The number of likely N-dealkylation sites (tertiary alicyclic amines) is 1. The largest absolute Gasteiger partial charge is 0.368 e. The van der Waals surface area contributed by atoms with E-state index in [2.05, 4.69) is 29.2 Å². The van der Waals surface area contributed by atoms with Crippen LogP contribution in [-0.4, -0.2) is 67.1 Å². The van der Waals surface area contributed by atoms with Gasteiger partial charge in [-0.2, -0.15) is 0 Å². The maximum atomic E-state index is 11.7. The molecule has 0 aromatic heterocycles. The first-order valence-corrected chi connectivity index (χ1v) is 7.71. The molecular weight excluding hydrogens is 252 g/mol. The first kappa shape index (κ1) is 17.4. The molecule has 5 heteroatoms. The summed E-state index contributed by atoms with van der Waals surface area (Å²) in [4.78, 5) is 16.5. The average Bonchev–Trinajstić information content (AvgIpc) is 2.36. The van der Waals surface area contributed by atoms with Crippen LogP contribution in [0.15, 0.2) is 0 Å². The Balaban J connectivity index is 2.48. The highest BCUT2D eigenvalue weighted by Gasteiger charge is 2.32. The molecule has 20 heavy (non-hydrogen) atoms. The summed E-state index contributed by atoms with van der Waals surface area (Å²) in [6.07, 6.45) is 3.17. The summed E-state index contributed by atoms with van der Waals surface area (Å²) >= 11 is 0. The number of nitrogens with one attached hydrogen (secondary N) is 1. The van der Waals surface area contributed by atoms with E-state index < -0.39 is 5.54 Å². The number of primary amides is 1. The summed E-state index contributed by atoms with van der Waals surface area (Å²) in [6.45, 7) is 9.22. The second-order valence-electron chi connectivity index (χ2n) is 6.76. The number of amides is 1. The maximum Gasteiger partial charge on any atom is 0.237 e. The number of nitrogens with zero attached hydrogens (tertiary/aromatic N) is 2. The van der Waals surface area contributed by atoms with Crippen molar-refractivity contribution in [2.45, 2.75) is 57.7 Å². The van der Waals surface area contributed by atoms with Gasteiger partial charge in [0.25, 0.3) is 0 Å². The van der Waals surface area contributed by atoms with Crippen molar-refractivity contribution in [3.63, 3.8) is 0 Å². The van der Waals surface area contributed by atoms with Crippen LogP contribution in [0.4, 0.5) is 0 Å². The summed E-state index contributed by atoms with van der Waals surface area (Å²) < 4.78 is 0. The van der Waals surface area contributed by atoms with E-state index >= 15 is 0 Å². The Bertz CT molecular complexity index is 313. The number of carbonyl (C=O) groups excluding carboxylic acids is 1. The van der Waals surface area contributed by atoms with Crippen LogP contribution in [0.1, 0.15) is 40.0 Å². The molecule has 0 aromatic carbocycles. The van der Waals surface area contributed by atoms with Crippen molar-refractivity contribution in [3.8, 4) is 0 Å². The van der Waals surface area contributed by atoms with Crippen LogP contribution in [0.5, 0.6) is 0 Å². The lowest BCUT2D eigenvalue weighted by molar-refractivity contribution is -0.124. The van der Waals surface area contributed by atoms with Gasteiger partial charge in [-0.05, 0) is 67.2 Å². The molecule has 5 nitrogen and oxygen atoms in total. The van der Waals surface area contributed by atoms with E-state index in [1.54, 1.807) is 0 Å². The smallest absolute Gasteiger partial charge is 0.237 e. The van der Waals surface area contributed by atoms with E-state index in [1.165, 1.54) is 12.8 Å². The molecule has 1 heterocycles. The monoisotopic (exact) mass is 284 g/mol. The third kappa shape index (κ3) is 5.04. The van der Waals surface area contributed by atoms with Crippen LogP contribution in [0, 0.1) is 0 Å². The predicted molar refractivity (Wildman–Crippen MR) is 83.6 cm³/mol. The Labute approximate surface area is 123 Å². The second kappa shape index (κ2) is 7.38. The zero-order valence-electron chi connectivity index (χ0n) is 13.8. The molecule has 1 aliphatic rings. The Morgan fingerprint density at radius 3 is 2.45 bits per heavy atom. The summed E-state index contributed by atoms with van der Waals surface area (Å²) in [5, 5.41) is 3.31. The summed E-state index contributed by atoms with van der Waals surface area (Å²) in [6, 6.07) is 0.878. The number of hydrogen-bond donors (Lipinski definition) is 2. The molecule has 3 N–H and O–H groups in total. The van der Waals surface area contributed by atoms with Gasteiger partial charge >= 0.3 is 0 Å². The third-order valence-electron chi connectivity index (χ3n) is 4.43. The molecule has 0 bridgehead atoms. The summed E-state index contributed by atoms with van der Waals surface area (Å²) in [7, 11) is 4.33. The van der Waals surface area contributed by atoms with Gasteiger partial charge in [-0.15, -0.1) is 0 Å². The zero-order chi connectivity index (χ0) is 15.3. The Morgan fingerprint density at radius 1 is 1.45 bits per heavy atom. The molecule has 1 rings (SSSR count). The Kier molecular flexibility index (Phi) is 6.43. The van der Waals surface area contributed by atoms with E-state index in [9.17, 15) is 4.79 Å². The third-order valence-corrected chi connectivity index (χ3v) is 4.43. The quantitative estimate of drug-likeness (QED) is 0.720. The molecule has 0 aromatic rings. The summed E-state index contributed by atoms with van der Waals surface area (Å²) in [5.74, 6) is -0.261. The van der Waals surface area contributed by atoms with Gasteiger partial charge in [-0.25, -0.2) is 0 Å². The standard InChI is InChI=1S/C15H32N4O/c1-12(2)17-15(3,14(16)20)8-11-19(5)13-6-9-18(4)10-7-13/h12-13,17H,6-11H2,1-5H3,(H2,16,20). The van der Waals surface area contributed by atoms with E-state index in [-0.39, 0.29) is 11.9 Å². The van der Waals surface area contributed by atoms with Gasteiger partial charge in [0.2, 0.25) is 5.91 Å². The van der Waals surface area contributed by atoms with Gasteiger partial charge < -0.3 is 20.9 Å². The van der Waals surface area contributed by atoms with E-state index in [4.69, 9.17) is 5.73 Å². The number of hydrogen-bond acceptors (Lipinski definition) is 4. The summed E-state index contributed by atoms with van der Waals surface area (Å²) in [5.41, 5.74) is 4.96. The molecule has 1 aliphatic heterocycles. The van der Waals surface area contributed by atoms with Gasteiger partial charge in [0.05, 0.1) is 5.54 Å². The van der Waals surface area contributed by atoms with Crippen molar-refractivity contribution in [2.24, 2.45) is 5.73 Å². The highest BCUT2D eigenvalue weighted by atomic mass is 16.1. The van der Waals surface area contributed by atoms with Crippen molar-refractivity contribution in [1.29, 1.82) is 0 Å². The molecule has 1 unspecified atom stereocenters. The van der Waals surface area contributed by atoms with Gasteiger partial charge in [0.15, 0.2) is 0 Å². The molecule has 0 radical (unpaired) electrons. The molecule has 0 aliphatic carbocycles. The number of carbonyl (C=O) groups is 1. The lowest BCUT2D eigenvalue weighted by Gasteiger charge is -2.37. The minimum atomic E-state index is -0.617. The Hall–Kier alpha value is -0.650. The predicted octanol–water partition coefficient (Wildman–Crippen LogP) is 0.645. The molecule has 1 atom stereocenters. The van der Waals surface area contributed by atoms with Crippen molar-refractivity contribution in [3.05, 3.63) is 0 Å². The van der Waals surface area contributed by atoms with E-state index in [0.29, 0.717) is 6.04 Å². The second-order valence-corrected chi connectivity index (χ2v) is 6.76. The lowest BCUT2D eigenvalue weighted by Crippen LogP contribution is -2.57. The van der Waals surface area contributed by atoms with Crippen LogP contribution >= 0.6 is 0 Å². The lowest BCUT2D eigenvalue weighted by atomic mass is 9.94. The topological polar surface area (TPSA) is 61.6 Å². The minimum absolute atomic E-state index is 0.251. The molecule has 0 spiro atoms. The van der Waals surface area contributed by atoms with E-state index in [1.807, 2.05) is 20.8 Å². The maximum absolute atomic E-state index is 11.7. The Morgan fingerprint density at radius 2 is 2.00 bits per heavy atom. The van der Waals surface area contributed by atoms with E-state index in [0.717, 1.165) is 26.1 Å². The zero-order valence-corrected chi connectivity index (χ0v) is 13.8. The van der Waals surface area contributed by atoms with Crippen LogP contribution in [0.25, 0.3) is 0 Å². The molecule has 0 saturated carbocycles. The van der Waals surface area contributed by atoms with Gasteiger partial charge in [0.1, 0.15) is 0 Å². The molecular formula is C15H32N4O. The average molecular weight is 284 g/mol. The number of nitrogens with two attached hydrogens (primary N) is 1. The van der Waals surface area contributed by atoms with Gasteiger partial charge in [-0.3, -0.25) is 4.79 Å². The highest BCUT2D eigenvalue weighted by molar-refractivity contribution is 5.84. The molecule has 1 saturated heterocycles. The SMILES string of the molecule is CC(C)NC(C)(CCN(C)C1CCN(C)CC1)C(N)=O. The fraction of sp³-hybridized carbons (Fsp3) is 0.933. The van der Waals surface area contributed by atoms with Crippen LogP contribution in [0.2, 0.25) is 0 Å². The minimum Gasteiger partial charge on any atom is -0.368 e. The normalized spacial score (nSPS) is 21.4. The van der Waals surface area contributed by atoms with Crippen LogP contribution in [-0.2, 0) is 4.79 Å². The first-order chi connectivity index (χ1) is 9.24. The van der Waals surface area contributed by atoms with Crippen molar-refractivity contribution >= 4 is 5.91 Å². The van der Waals surface area contributed by atoms with Crippen LogP contribution < -0.4 is 11.1 Å². The molecule has 1 amide bonds. The fourth-order valence-electron chi connectivity index (χ4n) is 2.92. The van der Waals surface area contributed by atoms with Crippen molar-refractivity contribution < 1.29 is 4.79 Å². The van der Waals surface area contributed by atoms with Gasteiger partial charge in [-0.1, -0.05) is 0 Å². The molecule has 118 valence electrons. The van der Waals surface area contributed by atoms with Crippen LogP contribution in [0.3, 0.4) is 0 Å². The fourth-order valence-corrected chi connectivity index (χ4v) is 2.92.